The second-order valence-corrected chi connectivity index (χ2v) is 6.45. The Labute approximate surface area is 152 Å². The van der Waals surface area contributed by atoms with Crippen molar-refractivity contribution in [3.8, 4) is 0 Å². The quantitative estimate of drug-likeness (QED) is 0.688. The van der Waals surface area contributed by atoms with E-state index in [4.69, 9.17) is 0 Å². The molecule has 3 heteroatoms. The van der Waals surface area contributed by atoms with E-state index < -0.39 is 0 Å². The van der Waals surface area contributed by atoms with Crippen molar-refractivity contribution in [1.82, 2.24) is 5.32 Å². The minimum absolute atomic E-state index is 0. The second-order valence-electron chi connectivity index (χ2n) is 6.45. The number of aliphatic hydroxyl groups is 1. The largest absolute Gasteiger partial charge is 0.394 e. The zero-order valence-electron chi connectivity index (χ0n) is 14.8. The van der Waals surface area contributed by atoms with Crippen LogP contribution in [0.1, 0.15) is 47.7 Å². The Hall–Kier alpha value is -1.61. The molecule has 0 heterocycles. The fourth-order valence-corrected chi connectivity index (χ4v) is 3.02. The molecule has 0 aliphatic heterocycles. The lowest BCUT2D eigenvalue weighted by atomic mass is 9.95. The molecule has 0 saturated carbocycles. The van der Waals surface area contributed by atoms with Gasteiger partial charge in [0.05, 0.1) is 12.6 Å². The Balaban J connectivity index is 0.00000288. The summed E-state index contributed by atoms with van der Waals surface area (Å²) < 4.78 is 0. The van der Waals surface area contributed by atoms with E-state index in [-0.39, 0.29) is 31.1 Å². The Kier molecular flexibility index (Phi) is 8.20. The highest BCUT2D eigenvalue weighted by Gasteiger charge is 2.18. The van der Waals surface area contributed by atoms with Gasteiger partial charge < -0.3 is 10.4 Å². The summed E-state index contributed by atoms with van der Waals surface area (Å²) in [7, 11) is 0. The van der Waals surface area contributed by atoms with Crippen LogP contribution in [0.2, 0.25) is 0 Å². The Bertz CT molecular complexity index is 634. The van der Waals surface area contributed by atoms with E-state index in [9.17, 15) is 5.11 Å². The maximum absolute atomic E-state index is 9.83. The predicted octanol–water partition coefficient (Wildman–Crippen LogP) is 5.06. The Morgan fingerprint density at radius 3 is 2.08 bits per heavy atom. The Morgan fingerprint density at radius 2 is 1.58 bits per heavy atom. The lowest BCUT2D eigenvalue weighted by Crippen LogP contribution is -2.29. The highest BCUT2D eigenvalue weighted by atomic mass is 35.5. The zero-order valence-corrected chi connectivity index (χ0v) is 15.6. The predicted molar refractivity (Wildman–Crippen MR) is 105 cm³/mol. The summed E-state index contributed by atoms with van der Waals surface area (Å²) in [5.41, 5.74) is 6.00. The van der Waals surface area contributed by atoms with E-state index in [1.165, 1.54) is 16.7 Å². The van der Waals surface area contributed by atoms with Crippen LogP contribution >= 0.6 is 12.4 Å². The molecule has 2 rings (SSSR count). The monoisotopic (exact) mass is 345 g/mol. The van der Waals surface area contributed by atoms with Crippen LogP contribution in [0.5, 0.6) is 0 Å². The Morgan fingerprint density at radius 1 is 1.00 bits per heavy atom. The van der Waals surface area contributed by atoms with E-state index in [0.717, 1.165) is 17.6 Å². The molecule has 0 radical (unpaired) electrons. The van der Waals surface area contributed by atoms with Crippen molar-refractivity contribution >= 4 is 12.4 Å². The molecule has 0 aliphatic carbocycles. The lowest BCUT2D eigenvalue weighted by molar-refractivity contribution is 0.232. The van der Waals surface area contributed by atoms with Crippen molar-refractivity contribution in [2.45, 2.75) is 39.3 Å². The van der Waals surface area contributed by atoms with Gasteiger partial charge in [0.25, 0.3) is 0 Å². The molecule has 2 atom stereocenters. The van der Waals surface area contributed by atoms with Crippen LogP contribution in [0.25, 0.3) is 0 Å². The summed E-state index contributed by atoms with van der Waals surface area (Å²) in [6.45, 7) is 10.4. The van der Waals surface area contributed by atoms with Crippen LogP contribution in [0.3, 0.4) is 0 Å². The first-order chi connectivity index (χ1) is 11.0. The number of aryl methyl sites for hydroxylation is 2. The van der Waals surface area contributed by atoms with Gasteiger partial charge in [-0.15, -0.1) is 19.0 Å². The fraction of sp³-hybridized carbons (Fsp3) is 0.333. The van der Waals surface area contributed by atoms with Crippen LogP contribution in [-0.2, 0) is 0 Å². The van der Waals surface area contributed by atoms with Gasteiger partial charge in [0.15, 0.2) is 0 Å². The van der Waals surface area contributed by atoms with Crippen molar-refractivity contribution in [3.63, 3.8) is 0 Å². The third-order valence-electron chi connectivity index (χ3n) is 3.99. The molecule has 0 unspecified atom stereocenters. The zero-order chi connectivity index (χ0) is 16.8. The molecule has 2 N–H and O–H groups in total. The standard InChI is InChI=1S/C21H27NO.ClH/c1-15(2)10-20(19-12-16(3)11-17(4)13-19)22-21(14-23)18-8-6-5-7-9-18;/h5-9,11-13,20-23H,1,10,14H2,2-4H3;1H/t20-,21+;/m1./s1. The average Bonchev–Trinajstić information content (AvgIpc) is 2.51. The van der Waals surface area contributed by atoms with Crippen LogP contribution in [-0.4, -0.2) is 11.7 Å². The van der Waals surface area contributed by atoms with Gasteiger partial charge in [0, 0.05) is 6.04 Å². The summed E-state index contributed by atoms with van der Waals surface area (Å²) in [5.74, 6) is 0. The van der Waals surface area contributed by atoms with Gasteiger partial charge in [-0.2, -0.15) is 0 Å². The number of hydrogen-bond donors (Lipinski definition) is 2. The fourth-order valence-electron chi connectivity index (χ4n) is 3.02. The van der Waals surface area contributed by atoms with Gasteiger partial charge >= 0.3 is 0 Å². The minimum Gasteiger partial charge on any atom is -0.394 e. The molecule has 2 nitrogen and oxygen atoms in total. The summed E-state index contributed by atoms with van der Waals surface area (Å²) in [5, 5.41) is 13.4. The lowest BCUT2D eigenvalue weighted by Gasteiger charge is -2.26. The van der Waals surface area contributed by atoms with Crippen LogP contribution in [0.4, 0.5) is 0 Å². The van der Waals surface area contributed by atoms with Gasteiger partial charge in [-0.1, -0.05) is 65.2 Å². The maximum atomic E-state index is 9.83. The maximum Gasteiger partial charge on any atom is 0.0626 e. The van der Waals surface area contributed by atoms with Gasteiger partial charge in [-0.3, -0.25) is 0 Å². The van der Waals surface area contributed by atoms with Crippen molar-refractivity contribution in [2.24, 2.45) is 0 Å². The van der Waals surface area contributed by atoms with Gasteiger partial charge in [0.2, 0.25) is 0 Å². The first-order valence-electron chi connectivity index (χ1n) is 8.14. The molecule has 0 amide bonds. The number of halogens is 1. The van der Waals surface area contributed by atoms with Gasteiger partial charge in [0.1, 0.15) is 0 Å². The smallest absolute Gasteiger partial charge is 0.0626 e. The summed E-state index contributed by atoms with van der Waals surface area (Å²) in [6.07, 6.45) is 0.853. The van der Waals surface area contributed by atoms with Gasteiger partial charge in [-0.25, -0.2) is 0 Å². The molecule has 0 spiro atoms. The van der Waals surface area contributed by atoms with Crippen LogP contribution in [0, 0.1) is 13.8 Å². The first kappa shape index (κ1) is 20.4. The minimum atomic E-state index is -0.0821. The van der Waals surface area contributed by atoms with E-state index >= 15 is 0 Å². The topological polar surface area (TPSA) is 32.3 Å². The number of benzene rings is 2. The summed E-state index contributed by atoms with van der Waals surface area (Å²) in [6, 6.07) is 16.8. The third-order valence-corrected chi connectivity index (χ3v) is 3.99. The number of aliphatic hydroxyl groups excluding tert-OH is 1. The number of hydrogen-bond acceptors (Lipinski definition) is 2. The highest BCUT2D eigenvalue weighted by molar-refractivity contribution is 5.85. The normalized spacial score (nSPS) is 13.0. The molecule has 0 bridgehead atoms. The third kappa shape index (κ3) is 5.79. The van der Waals surface area contributed by atoms with Gasteiger partial charge in [-0.05, 0) is 38.3 Å². The van der Waals surface area contributed by atoms with Crippen molar-refractivity contribution in [3.05, 3.63) is 82.9 Å². The molecule has 2 aromatic carbocycles. The molecule has 0 saturated heterocycles. The second kappa shape index (κ2) is 9.63. The average molecular weight is 346 g/mol. The molecule has 0 fully saturated rings. The summed E-state index contributed by atoms with van der Waals surface area (Å²) >= 11 is 0. The van der Waals surface area contributed by atoms with E-state index in [1.54, 1.807) is 0 Å². The molecule has 24 heavy (non-hydrogen) atoms. The summed E-state index contributed by atoms with van der Waals surface area (Å²) in [4.78, 5) is 0. The molecule has 2 aromatic rings. The van der Waals surface area contributed by atoms with Crippen LogP contribution < -0.4 is 5.32 Å². The molecular formula is C21H28ClNO. The van der Waals surface area contributed by atoms with Crippen molar-refractivity contribution in [1.29, 1.82) is 0 Å². The van der Waals surface area contributed by atoms with Crippen LogP contribution in [0.15, 0.2) is 60.7 Å². The SMILES string of the molecule is C=C(C)C[C@@H](N[C@@H](CO)c1ccccc1)c1cc(C)cc(C)c1.Cl. The van der Waals surface area contributed by atoms with E-state index in [0.29, 0.717) is 0 Å². The van der Waals surface area contributed by atoms with E-state index in [1.807, 2.05) is 37.3 Å². The van der Waals surface area contributed by atoms with Crippen molar-refractivity contribution in [2.75, 3.05) is 6.61 Å². The molecule has 130 valence electrons. The highest BCUT2D eigenvalue weighted by Crippen LogP contribution is 2.26. The number of rotatable bonds is 7. The molecular weight excluding hydrogens is 318 g/mol. The first-order valence-corrected chi connectivity index (χ1v) is 8.14. The molecule has 0 aliphatic rings. The van der Waals surface area contributed by atoms with E-state index in [2.05, 4.69) is 43.9 Å². The number of nitrogens with one attached hydrogen (secondary N) is 1. The molecule has 0 aromatic heterocycles. The van der Waals surface area contributed by atoms with Crippen molar-refractivity contribution < 1.29 is 5.11 Å².